The van der Waals surface area contributed by atoms with E-state index in [0.717, 1.165) is 31.5 Å². The summed E-state index contributed by atoms with van der Waals surface area (Å²) < 4.78 is 16.1. The third-order valence-electron chi connectivity index (χ3n) is 5.44. The summed E-state index contributed by atoms with van der Waals surface area (Å²) in [5.74, 6) is 2.35. The predicted octanol–water partition coefficient (Wildman–Crippen LogP) is 4.09. The van der Waals surface area contributed by atoms with E-state index in [1.807, 2.05) is 29.2 Å². The van der Waals surface area contributed by atoms with Crippen LogP contribution in [-0.2, 0) is 0 Å². The highest BCUT2D eigenvalue weighted by Crippen LogP contribution is 2.36. The minimum atomic E-state index is -0.0812. The maximum Gasteiger partial charge on any atom is 0.276 e. The molecule has 5 rings (SSSR count). The number of hydrogen-bond donors (Lipinski definition) is 0. The summed E-state index contributed by atoms with van der Waals surface area (Å²) in [4.78, 5) is 14.7. The minimum absolute atomic E-state index is 0.0812. The lowest BCUT2D eigenvalue weighted by molar-refractivity contribution is 0.0702. The summed E-state index contributed by atoms with van der Waals surface area (Å²) in [7, 11) is 0. The number of fused-ring (bicyclic) bond motifs is 1. The van der Waals surface area contributed by atoms with E-state index < -0.39 is 0 Å². The van der Waals surface area contributed by atoms with Crippen LogP contribution >= 0.6 is 0 Å². The average molecular weight is 376 g/mol. The van der Waals surface area contributed by atoms with E-state index in [2.05, 4.69) is 29.4 Å². The topological polar surface area (TPSA) is 64.8 Å². The second kappa shape index (κ2) is 7.03. The molecule has 0 atom stereocenters. The number of nitrogens with zero attached hydrogens (tertiary/aromatic N) is 2. The molecule has 3 aromatic rings. The van der Waals surface area contributed by atoms with Crippen molar-refractivity contribution in [2.75, 3.05) is 19.9 Å². The summed E-state index contributed by atoms with van der Waals surface area (Å²) in [6.45, 7) is 1.67. The Labute approximate surface area is 162 Å². The molecule has 0 spiro atoms. The molecule has 0 unspecified atom stereocenters. The van der Waals surface area contributed by atoms with Gasteiger partial charge in [-0.25, -0.2) is 0 Å². The molecule has 2 aromatic carbocycles. The van der Waals surface area contributed by atoms with Crippen molar-refractivity contribution in [3.05, 3.63) is 65.9 Å². The molecule has 6 nitrogen and oxygen atoms in total. The Morgan fingerprint density at radius 3 is 2.57 bits per heavy atom. The second-order valence-corrected chi connectivity index (χ2v) is 7.12. The Hall–Kier alpha value is -3.28. The van der Waals surface area contributed by atoms with Crippen molar-refractivity contribution < 1.29 is 18.8 Å². The fraction of sp³-hybridized carbons (Fsp3) is 0.273. The zero-order valence-electron chi connectivity index (χ0n) is 15.3. The lowest BCUT2D eigenvalue weighted by atomic mass is 9.89. The number of carbonyl (C=O) groups excluding carboxylic acids is 1. The number of likely N-dealkylation sites (tertiary alicyclic amines) is 1. The largest absolute Gasteiger partial charge is 0.454 e. The van der Waals surface area contributed by atoms with Crippen LogP contribution in [0.1, 0.15) is 34.8 Å². The summed E-state index contributed by atoms with van der Waals surface area (Å²) in [5.41, 5.74) is 2.49. The van der Waals surface area contributed by atoms with Crippen LogP contribution in [0.2, 0.25) is 0 Å². The van der Waals surface area contributed by atoms with Gasteiger partial charge in [-0.3, -0.25) is 4.79 Å². The lowest BCUT2D eigenvalue weighted by Gasteiger charge is -2.31. The molecule has 28 heavy (non-hydrogen) atoms. The van der Waals surface area contributed by atoms with Gasteiger partial charge in [-0.2, -0.15) is 0 Å². The van der Waals surface area contributed by atoms with Gasteiger partial charge in [-0.05, 0) is 42.5 Å². The molecular weight excluding hydrogens is 356 g/mol. The Morgan fingerprint density at radius 2 is 1.75 bits per heavy atom. The highest BCUT2D eigenvalue weighted by atomic mass is 16.7. The van der Waals surface area contributed by atoms with E-state index in [9.17, 15) is 4.79 Å². The molecule has 0 aliphatic carbocycles. The van der Waals surface area contributed by atoms with Crippen molar-refractivity contribution in [1.29, 1.82) is 0 Å². The number of hydrogen-bond acceptors (Lipinski definition) is 5. The molecule has 1 aromatic heterocycles. The first-order valence-electron chi connectivity index (χ1n) is 9.49. The van der Waals surface area contributed by atoms with Crippen molar-refractivity contribution in [3.8, 4) is 22.8 Å². The number of ether oxygens (including phenoxy) is 2. The van der Waals surface area contributed by atoms with Crippen LogP contribution < -0.4 is 9.47 Å². The van der Waals surface area contributed by atoms with E-state index in [1.165, 1.54) is 5.56 Å². The van der Waals surface area contributed by atoms with E-state index >= 15 is 0 Å². The normalized spacial score (nSPS) is 16.4. The second-order valence-electron chi connectivity index (χ2n) is 7.12. The van der Waals surface area contributed by atoms with E-state index in [0.29, 0.717) is 28.9 Å². The molecule has 1 fully saturated rings. The fourth-order valence-corrected chi connectivity index (χ4v) is 3.86. The first kappa shape index (κ1) is 16.9. The SMILES string of the molecule is O=C(c1cc(-c2ccc3c(c2)OCO3)on1)N1CCC(c2ccccc2)CC1. The van der Waals surface area contributed by atoms with Gasteiger partial charge in [-0.15, -0.1) is 0 Å². The van der Waals surface area contributed by atoms with Crippen molar-refractivity contribution >= 4 is 5.91 Å². The molecule has 2 aliphatic heterocycles. The number of aromatic nitrogens is 1. The van der Waals surface area contributed by atoms with Gasteiger partial charge in [-0.1, -0.05) is 35.5 Å². The molecule has 3 heterocycles. The molecule has 0 bridgehead atoms. The van der Waals surface area contributed by atoms with Crippen LogP contribution in [0.4, 0.5) is 0 Å². The number of piperidine rings is 1. The van der Waals surface area contributed by atoms with Crippen molar-refractivity contribution in [2.45, 2.75) is 18.8 Å². The van der Waals surface area contributed by atoms with Gasteiger partial charge >= 0.3 is 0 Å². The number of benzene rings is 2. The summed E-state index contributed by atoms with van der Waals surface area (Å²) in [6, 6.07) is 17.7. The monoisotopic (exact) mass is 376 g/mol. The van der Waals surface area contributed by atoms with Crippen LogP contribution in [0.25, 0.3) is 11.3 Å². The predicted molar refractivity (Wildman–Crippen MR) is 102 cm³/mol. The average Bonchev–Trinajstić information content (AvgIpc) is 3.43. The Bertz CT molecular complexity index is 991. The van der Waals surface area contributed by atoms with Gasteiger partial charge in [0.25, 0.3) is 5.91 Å². The molecule has 0 N–H and O–H groups in total. The van der Waals surface area contributed by atoms with Gasteiger partial charge in [0.15, 0.2) is 23.0 Å². The first-order chi connectivity index (χ1) is 13.8. The van der Waals surface area contributed by atoms with Gasteiger partial charge < -0.3 is 18.9 Å². The zero-order chi connectivity index (χ0) is 18.9. The van der Waals surface area contributed by atoms with Crippen LogP contribution in [0.15, 0.2) is 59.1 Å². The summed E-state index contributed by atoms with van der Waals surface area (Å²) in [5, 5.41) is 4.00. The van der Waals surface area contributed by atoms with Crippen molar-refractivity contribution in [2.24, 2.45) is 0 Å². The molecule has 1 amide bonds. The first-order valence-corrected chi connectivity index (χ1v) is 9.49. The van der Waals surface area contributed by atoms with E-state index in [-0.39, 0.29) is 12.7 Å². The maximum atomic E-state index is 12.8. The molecule has 1 saturated heterocycles. The molecule has 0 saturated carbocycles. The number of amides is 1. The van der Waals surface area contributed by atoms with Crippen LogP contribution in [0.5, 0.6) is 11.5 Å². The zero-order valence-corrected chi connectivity index (χ0v) is 15.3. The minimum Gasteiger partial charge on any atom is -0.454 e. The number of rotatable bonds is 3. The Morgan fingerprint density at radius 1 is 0.964 bits per heavy atom. The number of carbonyl (C=O) groups is 1. The van der Waals surface area contributed by atoms with Crippen molar-refractivity contribution in [1.82, 2.24) is 10.1 Å². The molecule has 142 valence electrons. The highest BCUT2D eigenvalue weighted by molar-refractivity contribution is 5.93. The van der Waals surface area contributed by atoms with E-state index in [1.54, 1.807) is 6.07 Å². The highest BCUT2D eigenvalue weighted by Gasteiger charge is 2.27. The quantitative estimate of drug-likeness (QED) is 0.689. The summed E-state index contributed by atoms with van der Waals surface area (Å²) >= 11 is 0. The van der Waals surface area contributed by atoms with Crippen LogP contribution in [-0.4, -0.2) is 35.8 Å². The fourth-order valence-electron chi connectivity index (χ4n) is 3.86. The van der Waals surface area contributed by atoms with Crippen LogP contribution in [0.3, 0.4) is 0 Å². The molecule has 2 aliphatic rings. The summed E-state index contributed by atoms with van der Waals surface area (Å²) in [6.07, 6.45) is 1.92. The third kappa shape index (κ3) is 3.11. The Kier molecular flexibility index (Phi) is 4.24. The molecule has 0 radical (unpaired) electrons. The van der Waals surface area contributed by atoms with Gasteiger partial charge in [0, 0.05) is 24.7 Å². The van der Waals surface area contributed by atoms with Gasteiger partial charge in [0.05, 0.1) is 0 Å². The lowest BCUT2D eigenvalue weighted by Crippen LogP contribution is -2.38. The maximum absolute atomic E-state index is 12.8. The van der Waals surface area contributed by atoms with Gasteiger partial charge in [0.1, 0.15) is 0 Å². The van der Waals surface area contributed by atoms with Gasteiger partial charge in [0.2, 0.25) is 6.79 Å². The molecular formula is C22H20N2O4. The Balaban J connectivity index is 1.27. The van der Waals surface area contributed by atoms with E-state index in [4.69, 9.17) is 14.0 Å². The third-order valence-corrected chi connectivity index (χ3v) is 5.44. The van der Waals surface area contributed by atoms with Crippen LogP contribution in [0, 0.1) is 0 Å². The molecule has 6 heteroatoms. The standard InChI is InChI=1S/C22H20N2O4/c25-22(24-10-8-16(9-11-24)15-4-2-1-3-5-15)18-13-20(28-23-18)17-6-7-19-21(12-17)27-14-26-19/h1-7,12-13,16H,8-11,14H2. The van der Waals surface area contributed by atoms with Crippen molar-refractivity contribution in [3.63, 3.8) is 0 Å². The smallest absolute Gasteiger partial charge is 0.276 e.